The van der Waals surface area contributed by atoms with Crippen LogP contribution in [-0.4, -0.2) is 78.1 Å². The van der Waals surface area contributed by atoms with E-state index >= 15 is 0 Å². The lowest BCUT2D eigenvalue weighted by atomic mass is 9.93. The molecule has 0 atom stereocenters. The first-order valence-corrected chi connectivity index (χ1v) is 11.4. The molecule has 3 heterocycles. The van der Waals surface area contributed by atoms with Crippen molar-refractivity contribution < 1.29 is 14.3 Å². The van der Waals surface area contributed by atoms with Crippen molar-refractivity contribution in [3.63, 3.8) is 0 Å². The molecule has 7 heteroatoms. The van der Waals surface area contributed by atoms with E-state index in [-0.39, 0.29) is 11.8 Å². The first-order valence-electron chi connectivity index (χ1n) is 11.4. The average Bonchev–Trinajstić information content (AvgIpc) is 3.46. The summed E-state index contributed by atoms with van der Waals surface area (Å²) in [5.74, 6) is 0.448. The first-order chi connectivity index (χ1) is 15.5. The molecule has 2 amide bonds. The summed E-state index contributed by atoms with van der Waals surface area (Å²) in [6, 6.07) is 5.98. The van der Waals surface area contributed by atoms with E-state index in [1.54, 1.807) is 7.11 Å². The van der Waals surface area contributed by atoms with Gasteiger partial charge in [0.2, 0.25) is 0 Å². The van der Waals surface area contributed by atoms with Gasteiger partial charge in [0, 0.05) is 38.6 Å². The number of hydrogen-bond donors (Lipinski definition) is 0. The normalized spacial score (nSPS) is 19.4. The van der Waals surface area contributed by atoms with E-state index < -0.39 is 0 Å². The van der Waals surface area contributed by atoms with Crippen LogP contribution in [0.2, 0.25) is 0 Å². The number of amides is 2. The van der Waals surface area contributed by atoms with Crippen molar-refractivity contribution in [2.45, 2.75) is 19.3 Å². The minimum Gasteiger partial charge on any atom is -0.496 e. The van der Waals surface area contributed by atoms with E-state index in [0.717, 1.165) is 78.6 Å². The summed E-state index contributed by atoms with van der Waals surface area (Å²) in [6.07, 6.45) is 2.80. The molecule has 1 saturated heterocycles. The minimum absolute atomic E-state index is 0.129. The van der Waals surface area contributed by atoms with E-state index in [0.29, 0.717) is 17.8 Å². The number of hydrogen-bond acceptors (Lipinski definition) is 5. The summed E-state index contributed by atoms with van der Waals surface area (Å²) in [6.45, 7) is 3.98. The number of methoxy groups -OCH3 is 1. The lowest BCUT2D eigenvalue weighted by Gasteiger charge is -2.34. The fourth-order valence-corrected chi connectivity index (χ4v) is 5.91. The minimum atomic E-state index is -0.165. The summed E-state index contributed by atoms with van der Waals surface area (Å²) in [5, 5.41) is 1.82. The summed E-state index contributed by atoms with van der Waals surface area (Å²) in [7, 11) is 5.82. The Morgan fingerprint density at radius 3 is 2.38 bits per heavy atom. The van der Waals surface area contributed by atoms with Gasteiger partial charge < -0.3 is 14.2 Å². The van der Waals surface area contributed by atoms with Gasteiger partial charge in [-0.25, -0.2) is 0 Å². The monoisotopic (exact) mass is 432 g/mol. The van der Waals surface area contributed by atoms with Gasteiger partial charge in [-0.05, 0) is 49.6 Å². The zero-order valence-corrected chi connectivity index (χ0v) is 18.9. The van der Waals surface area contributed by atoms with Crippen LogP contribution in [0.25, 0.3) is 21.8 Å². The Balaban J connectivity index is 1.59. The number of benzene rings is 2. The SMILES string of the molecule is COc1cccc2c1c1c3c(c4c(c1n2C)CCC4)C(=O)N(CN1CCN(C)CC1)C3=O. The van der Waals surface area contributed by atoms with Crippen LogP contribution in [0.3, 0.4) is 0 Å². The van der Waals surface area contributed by atoms with Crippen LogP contribution in [0.15, 0.2) is 18.2 Å². The highest BCUT2D eigenvalue weighted by atomic mass is 16.5. The molecule has 0 spiro atoms. The molecule has 0 unspecified atom stereocenters. The largest absolute Gasteiger partial charge is 0.496 e. The van der Waals surface area contributed by atoms with E-state index in [9.17, 15) is 9.59 Å². The number of nitrogens with zero attached hydrogens (tertiary/aromatic N) is 4. The van der Waals surface area contributed by atoms with Crippen LogP contribution >= 0.6 is 0 Å². The van der Waals surface area contributed by atoms with Crippen LogP contribution < -0.4 is 4.74 Å². The molecule has 7 nitrogen and oxygen atoms in total. The molecule has 1 aromatic heterocycles. The summed E-state index contributed by atoms with van der Waals surface area (Å²) in [5.41, 5.74) is 5.63. The molecule has 166 valence electrons. The molecule has 2 aliphatic heterocycles. The standard InChI is InChI=1S/C25H28N4O3/c1-26-10-12-28(13-11-26)14-29-24(30)19-15-6-4-7-16(15)23-21(22(19)25(29)31)20-17(27(23)2)8-5-9-18(20)32-3/h5,8-9H,4,6-7,10-14H2,1-3H3. The van der Waals surface area contributed by atoms with Crippen molar-refractivity contribution >= 4 is 33.6 Å². The van der Waals surface area contributed by atoms with Gasteiger partial charge in [0.1, 0.15) is 5.75 Å². The zero-order valence-electron chi connectivity index (χ0n) is 18.9. The van der Waals surface area contributed by atoms with Crippen LogP contribution in [-0.2, 0) is 19.9 Å². The van der Waals surface area contributed by atoms with Gasteiger partial charge in [-0.2, -0.15) is 0 Å². The Morgan fingerprint density at radius 2 is 1.62 bits per heavy atom. The molecule has 0 saturated carbocycles. The molecule has 6 rings (SSSR count). The number of likely N-dealkylation sites (N-methyl/N-ethyl adjacent to an activating group) is 1. The van der Waals surface area contributed by atoms with Gasteiger partial charge in [-0.3, -0.25) is 19.4 Å². The molecule has 0 N–H and O–H groups in total. The fraction of sp³-hybridized carbons (Fsp3) is 0.440. The third-order valence-electron chi connectivity index (χ3n) is 7.57. The number of piperazine rings is 1. The lowest BCUT2D eigenvalue weighted by Crippen LogP contribution is -2.50. The number of imide groups is 1. The second-order valence-corrected chi connectivity index (χ2v) is 9.30. The zero-order chi connectivity index (χ0) is 22.1. The smallest absolute Gasteiger partial charge is 0.263 e. The third kappa shape index (κ3) is 2.55. The molecule has 1 fully saturated rings. The van der Waals surface area contributed by atoms with Crippen molar-refractivity contribution in [1.29, 1.82) is 0 Å². The van der Waals surface area contributed by atoms with Crippen LogP contribution in [0, 0.1) is 0 Å². The van der Waals surface area contributed by atoms with Gasteiger partial charge in [-0.1, -0.05) is 6.07 Å². The first kappa shape index (κ1) is 19.8. The molecule has 1 aliphatic carbocycles. The number of rotatable bonds is 3. The Kier molecular flexibility index (Phi) is 4.35. The maximum Gasteiger partial charge on any atom is 0.263 e. The molecule has 3 aliphatic rings. The maximum atomic E-state index is 13.8. The Hall–Kier alpha value is -2.90. The van der Waals surface area contributed by atoms with Crippen molar-refractivity contribution in [3.8, 4) is 5.75 Å². The second-order valence-electron chi connectivity index (χ2n) is 9.30. The van der Waals surface area contributed by atoms with Gasteiger partial charge >= 0.3 is 0 Å². The quantitative estimate of drug-likeness (QED) is 0.596. The number of aryl methyl sites for hydroxylation is 2. The van der Waals surface area contributed by atoms with Crippen molar-refractivity contribution in [1.82, 2.24) is 19.3 Å². The molecular formula is C25H28N4O3. The predicted octanol–water partition coefficient (Wildman–Crippen LogP) is 2.63. The van der Waals surface area contributed by atoms with E-state index in [2.05, 4.69) is 34.5 Å². The van der Waals surface area contributed by atoms with E-state index in [1.807, 2.05) is 12.1 Å². The fourth-order valence-electron chi connectivity index (χ4n) is 5.91. The molecule has 32 heavy (non-hydrogen) atoms. The highest BCUT2D eigenvalue weighted by molar-refractivity contribution is 6.32. The number of aromatic nitrogens is 1. The van der Waals surface area contributed by atoms with Gasteiger partial charge in [0.25, 0.3) is 11.8 Å². The molecule has 0 radical (unpaired) electrons. The summed E-state index contributed by atoms with van der Waals surface area (Å²) >= 11 is 0. The van der Waals surface area contributed by atoms with E-state index in [4.69, 9.17) is 4.74 Å². The highest BCUT2D eigenvalue weighted by Crippen LogP contribution is 2.46. The van der Waals surface area contributed by atoms with E-state index in [1.165, 1.54) is 10.5 Å². The number of fused-ring (bicyclic) bond motifs is 8. The molecule has 0 bridgehead atoms. The molecule has 3 aromatic rings. The third-order valence-corrected chi connectivity index (χ3v) is 7.57. The van der Waals surface area contributed by atoms with Crippen molar-refractivity contribution in [2.24, 2.45) is 7.05 Å². The molecular weight excluding hydrogens is 404 g/mol. The summed E-state index contributed by atoms with van der Waals surface area (Å²) < 4.78 is 7.89. The predicted molar refractivity (Wildman–Crippen MR) is 123 cm³/mol. The van der Waals surface area contributed by atoms with Crippen LogP contribution in [0.5, 0.6) is 5.75 Å². The Morgan fingerprint density at radius 1 is 0.906 bits per heavy atom. The maximum absolute atomic E-state index is 13.8. The van der Waals surface area contributed by atoms with Gasteiger partial charge in [0.15, 0.2) is 0 Å². The number of carbonyl (C=O) groups is 2. The van der Waals surface area contributed by atoms with Crippen LogP contribution in [0.4, 0.5) is 0 Å². The van der Waals surface area contributed by atoms with Gasteiger partial charge in [0.05, 0.1) is 41.3 Å². The van der Waals surface area contributed by atoms with Crippen LogP contribution in [0.1, 0.15) is 38.3 Å². The average molecular weight is 433 g/mol. The Labute approximate surface area is 187 Å². The second kappa shape index (κ2) is 7.05. The highest BCUT2D eigenvalue weighted by Gasteiger charge is 2.43. The van der Waals surface area contributed by atoms with Gasteiger partial charge in [-0.15, -0.1) is 0 Å². The van der Waals surface area contributed by atoms with Crippen molar-refractivity contribution in [2.75, 3.05) is 47.0 Å². The number of ether oxygens (including phenoxy) is 1. The topological polar surface area (TPSA) is 58.0 Å². The molecule has 2 aromatic carbocycles. The lowest BCUT2D eigenvalue weighted by molar-refractivity contribution is 0.0476. The summed E-state index contributed by atoms with van der Waals surface area (Å²) in [4.78, 5) is 33.5. The number of carbonyl (C=O) groups excluding carboxylic acids is 2. The Bertz CT molecular complexity index is 1300. The van der Waals surface area contributed by atoms with Crippen molar-refractivity contribution in [3.05, 3.63) is 40.5 Å².